The molecule has 61 heavy (non-hydrogen) atoms. The second-order valence-corrected chi connectivity index (χ2v) is 17.7. The number of carbonyl (C=O) groups excluding carboxylic acids is 2. The van der Waals surface area contributed by atoms with Gasteiger partial charge in [0.15, 0.2) is 6.10 Å². The minimum atomic E-state index is -4.72. The van der Waals surface area contributed by atoms with Crippen LogP contribution in [0.15, 0.2) is 48.6 Å². The van der Waals surface area contributed by atoms with E-state index in [2.05, 4.69) is 67.0 Å². The number of nitrogens with two attached hydrogens (primary N) is 1. The summed E-state index contributed by atoms with van der Waals surface area (Å²) in [5.41, 5.74) is 5.35. The van der Waals surface area contributed by atoms with Crippen LogP contribution < -0.4 is 5.73 Å². The van der Waals surface area contributed by atoms with Crippen molar-refractivity contribution in [1.29, 1.82) is 0 Å². The molecule has 3 unspecified atom stereocenters. The van der Waals surface area contributed by atoms with Crippen molar-refractivity contribution in [3.63, 3.8) is 0 Å². The fraction of sp³-hybridized carbons (Fsp3) is 0.776. The fourth-order valence-corrected chi connectivity index (χ4v) is 7.36. The number of aliphatic carboxylic acids is 1. The van der Waals surface area contributed by atoms with Crippen molar-refractivity contribution in [2.75, 3.05) is 19.8 Å². The molecule has 0 bridgehead atoms. The van der Waals surface area contributed by atoms with Gasteiger partial charge in [-0.25, -0.2) is 4.57 Å². The Kier molecular flexibility index (Phi) is 42.2. The summed E-state index contributed by atoms with van der Waals surface area (Å²) in [7, 11) is -4.72. The molecule has 0 amide bonds. The van der Waals surface area contributed by atoms with Crippen LogP contribution in [0.5, 0.6) is 0 Å². The summed E-state index contributed by atoms with van der Waals surface area (Å²) in [6, 6.07) is -1.52. The van der Waals surface area contributed by atoms with Crippen molar-refractivity contribution in [3.05, 3.63) is 48.6 Å². The number of carboxylic acids is 1. The average molecular weight is 882 g/mol. The predicted octanol–water partition coefficient (Wildman–Crippen LogP) is 13.3. The van der Waals surface area contributed by atoms with Gasteiger partial charge < -0.3 is 25.2 Å². The molecular weight excluding hydrogens is 794 g/mol. The third kappa shape index (κ3) is 43.9. The number of carbonyl (C=O) groups is 3. The number of phosphoric acid groups is 1. The second kappa shape index (κ2) is 44.1. The van der Waals surface area contributed by atoms with Gasteiger partial charge in [0.25, 0.3) is 0 Å². The molecule has 0 aromatic carbocycles. The Morgan fingerprint density at radius 3 is 1.38 bits per heavy atom. The summed E-state index contributed by atoms with van der Waals surface area (Å²) in [4.78, 5) is 46.1. The SMILES string of the molecule is CC/C=C\C/C=C\C/C=C\C/C=C\CCCCCCCCCCC(=O)OC(COC(=O)CCCCCCCCCCCCCCCCCC)COP(=O)(O)OCC(N)C(=O)O. The number of unbranched alkanes of at least 4 members (excludes halogenated alkanes) is 23. The quantitative estimate of drug-likeness (QED) is 0.0230. The lowest BCUT2D eigenvalue weighted by molar-refractivity contribution is -0.161. The molecule has 0 saturated carbocycles. The molecule has 12 heteroatoms. The summed E-state index contributed by atoms with van der Waals surface area (Å²) in [6.45, 7) is 2.71. The smallest absolute Gasteiger partial charge is 0.472 e. The van der Waals surface area contributed by atoms with Gasteiger partial charge in [0.1, 0.15) is 12.6 Å². The minimum absolute atomic E-state index is 0.152. The van der Waals surface area contributed by atoms with Gasteiger partial charge in [-0.05, 0) is 51.4 Å². The normalized spacial score (nSPS) is 14.0. The van der Waals surface area contributed by atoms with Crippen molar-refractivity contribution >= 4 is 25.7 Å². The summed E-state index contributed by atoms with van der Waals surface area (Å²) < 4.78 is 32.8. The molecule has 0 aliphatic rings. The zero-order valence-corrected chi connectivity index (χ0v) is 39.4. The van der Waals surface area contributed by atoms with Crippen molar-refractivity contribution in [1.82, 2.24) is 0 Å². The van der Waals surface area contributed by atoms with E-state index >= 15 is 0 Å². The molecule has 0 spiro atoms. The van der Waals surface area contributed by atoms with Crippen LogP contribution in [0.25, 0.3) is 0 Å². The molecule has 3 atom stereocenters. The molecule has 11 nitrogen and oxygen atoms in total. The average Bonchev–Trinajstić information content (AvgIpc) is 3.24. The maximum atomic E-state index is 12.7. The third-order valence-corrected chi connectivity index (χ3v) is 11.3. The number of hydrogen-bond donors (Lipinski definition) is 3. The number of hydrogen-bond acceptors (Lipinski definition) is 9. The topological polar surface area (TPSA) is 172 Å². The highest BCUT2D eigenvalue weighted by Gasteiger charge is 2.28. The number of esters is 2. The molecule has 0 aromatic rings. The Morgan fingerprint density at radius 1 is 0.525 bits per heavy atom. The summed E-state index contributed by atoms with van der Waals surface area (Å²) in [6.07, 6.45) is 50.2. The highest BCUT2D eigenvalue weighted by molar-refractivity contribution is 7.47. The van der Waals surface area contributed by atoms with Crippen LogP contribution in [0.2, 0.25) is 0 Å². The fourth-order valence-electron chi connectivity index (χ4n) is 6.59. The molecule has 0 fully saturated rings. The standard InChI is InChI=1S/C49H88NO10P/c1-3-5-7-9-11-13-15-17-19-21-22-23-24-25-27-29-31-33-35-37-39-41-48(52)60-45(43-58-61(55,56)59-44-46(50)49(53)54)42-57-47(51)40-38-36-34-32-30-28-26-20-18-16-14-12-10-8-6-4-2/h5,7,11,13,17,19,22-23,45-46H,3-4,6,8-10,12,14-16,18,20-21,24-44,50H2,1-2H3,(H,53,54)(H,55,56)/b7-5-,13-11-,19-17-,23-22-. The molecule has 0 heterocycles. The lowest BCUT2D eigenvalue weighted by atomic mass is 10.0. The zero-order valence-electron chi connectivity index (χ0n) is 38.5. The maximum absolute atomic E-state index is 12.7. The van der Waals surface area contributed by atoms with E-state index in [9.17, 15) is 23.8 Å². The number of phosphoric ester groups is 1. The van der Waals surface area contributed by atoms with Gasteiger partial charge in [0, 0.05) is 12.8 Å². The predicted molar refractivity (Wildman–Crippen MR) is 249 cm³/mol. The van der Waals surface area contributed by atoms with Gasteiger partial charge in [-0.15, -0.1) is 0 Å². The van der Waals surface area contributed by atoms with E-state index in [0.717, 1.165) is 77.0 Å². The molecule has 0 aromatic heterocycles. The largest absolute Gasteiger partial charge is 0.480 e. The highest BCUT2D eigenvalue weighted by atomic mass is 31.2. The first-order chi connectivity index (χ1) is 29.6. The first-order valence-electron chi connectivity index (χ1n) is 24.2. The Bertz CT molecular complexity index is 1220. The number of rotatable bonds is 45. The molecule has 0 aliphatic heterocycles. The summed E-state index contributed by atoms with van der Waals surface area (Å²) in [5, 5.41) is 8.91. The van der Waals surface area contributed by atoms with Crippen LogP contribution in [-0.4, -0.2) is 59.9 Å². The Hall–Kier alpha value is -2.56. The van der Waals surface area contributed by atoms with Crippen LogP contribution >= 0.6 is 7.82 Å². The number of allylic oxidation sites excluding steroid dienone is 8. The van der Waals surface area contributed by atoms with E-state index in [1.807, 2.05) is 0 Å². The third-order valence-electron chi connectivity index (χ3n) is 10.3. The van der Waals surface area contributed by atoms with Crippen LogP contribution in [0.4, 0.5) is 0 Å². The van der Waals surface area contributed by atoms with Crippen molar-refractivity contribution < 1.29 is 47.5 Å². The second-order valence-electron chi connectivity index (χ2n) is 16.2. The van der Waals surface area contributed by atoms with E-state index in [1.54, 1.807) is 0 Å². The summed E-state index contributed by atoms with van der Waals surface area (Å²) in [5.74, 6) is -2.38. The van der Waals surface area contributed by atoms with E-state index in [0.29, 0.717) is 12.8 Å². The van der Waals surface area contributed by atoms with Crippen molar-refractivity contribution in [3.8, 4) is 0 Å². The minimum Gasteiger partial charge on any atom is -0.480 e. The highest BCUT2D eigenvalue weighted by Crippen LogP contribution is 2.43. The van der Waals surface area contributed by atoms with E-state index in [1.165, 1.54) is 96.3 Å². The van der Waals surface area contributed by atoms with Gasteiger partial charge in [-0.1, -0.05) is 197 Å². The molecule has 354 valence electrons. The summed E-state index contributed by atoms with van der Waals surface area (Å²) >= 11 is 0. The van der Waals surface area contributed by atoms with Crippen LogP contribution in [0.1, 0.15) is 213 Å². The molecule has 4 N–H and O–H groups in total. The van der Waals surface area contributed by atoms with E-state index < -0.39 is 51.1 Å². The maximum Gasteiger partial charge on any atom is 0.472 e. The Morgan fingerprint density at radius 2 is 0.918 bits per heavy atom. The Labute approximate surface area is 371 Å². The molecule has 0 saturated heterocycles. The molecule has 0 aliphatic carbocycles. The van der Waals surface area contributed by atoms with Crippen LogP contribution in [0, 0.1) is 0 Å². The van der Waals surface area contributed by atoms with Gasteiger partial charge >= 0.3 is 25.7 Å². The van der Waals surface area contributed by atoms with Gasteiger partial charge in [-0.2, -0.15) is 0 Å². The van der Waals surface area contributed by atoms with E-state index in [4.69, 9.17) is 24.8 Å². The first kappa shape index (κ1) is 58.4. The van der Waals surface area contributed by atoms with Crippen molar-refractivity contribution in [2.24, 2.45) is 5.73 Å². The molecule has 0 radical (unpaired) electrons. The zero-order chi connectivity index (χ0) is 44.9. The monoisotopic (exact) mass is 882 g/mol. The molecular formula is C49H88NO10P. The lowest BCUT2D eigenvalue weighted by Gasteiger charge is -2.20. The van der Waals surface area contributed by atoms with Crippen LogP contribution in [0.3, 0.4) is 0 Å². The first-order valence-corrected chi connectivity index (χ1v) is 25.7. The van der Waals surface area contributed by atoms with Gasteiger partial charge in [0.05, 0.1) is 13.2 Å². The number of carboxylic acid groups (broad SMARTS) is 1. The van der Waals surface area contributed by atoms with E-state index in [-0.39, 0.29) is 19.4 Å². The van der Waals surface area contributed by atoms with Gasteiger partial charge in [-0.3, -0.25) is 23.4 Å². The van der Waals surface area contributed by atoms with Gasteiger partial charge in [0.2, 0.25) is 0 Å². The molecule has 0 rings (SSSR count). The Balaban J connectivity index is 4.29. The lowest BCUT2D eigenvalue weighted by Crippen LogP contribution is -2.34. The number of ether oxygens (including phenoxy) is 2. The van der Waals surface area contributed by atoms with Crippen molar-refractivity contribution in [2.45, 2.75) is 225 Å². The van der Waals surface area contributed by atoms with Crippen LogP contribution in [-0.2, 0) is 37.5 Å².